The van der Waals surface area contributed by atoms with E-state index in [0.717, 1.165) is 56.1 Å². The van der Waals surface area contributed by atoms with Crippen molar-refractivity contribution in [2.75, 3.05) is 37.6 Å². The lowest BCUT2D eigenvalue weighted by atomic mass is 10.1. The van der Waals surface area contributed by atoms with Crippen LogP contribution >= 0.6 is 0 Å². The van der Waals surface area contributed by atoms with E-state index in [0.29, 0.717) is 0 Å². The Kier molecular flexibility index (Phi) is 4.17. The van der Waals surface area contributed by atoms with Crippen LogP contribution in [0.1, 0.15) is 5.56 Å². The minimum Gasteiger partial charge on any atom is -0.340 e. The predicted octanol–water partition coefficient (Wildman–Crippen LogP) is 3.07. The number of benzene rings is 2. The molecule has 0 atom stereocenters. The highest BCUT2D eigenvalue weighted by atomic mass is 19.1. The average molecular weight is 324 g/mol. The lowest BCUT2D eigenvalue weighted by molar-refractivity contribution is 0.260. The van der Waals surface area contributed by atoms with Gasteiger partial charge in [0.15, 0.2) is 0 Å². The quantitative estimate of drug-likeness (QED) is 0.801. The third kappa shape index (κ3) is 3.26. The van der Waals surface area contributed by atoms with Crippen molar-refractivity contribution in [2.45, 2.75) is 6.42 Å². The molecule has 24 heavy (non-hydrogen) atoms. The molecule has 0 spiro atoms. The van der Waals surface area contributed by atoms with Gasteiger partial charge < -0.3 is 9.88 Å². The molecule has 4 nitrogen and oxygen atoms in total. The number of halogens is 1. The zero-order valence-corrected chi connectivity index (χ0v) is 13.6. The van der Waals surface area contributed by atoms with E-state index < -0.39 is 0 Å². The molecule has 3 aromatic rings. The molecule has 1 saturated heterocycles. The molecule has 1 aliphatic heterocycles. The maximum atomic E-state index is 12.9. The van der Waals surface area contributed by atoms with Gasteiger partial charge in [-0.05, 0) is 36.2 Å². The Bertz CT molecular complexity index is 771. The third-order valence-electron chi connectivity index (χ3n) is 4.68. The summed E-state index contributed by atoms with van der Waals surface area (Å²) >= 11 is 0. The number of aromatic amines is 1. The van der Waals surface area contributed by atoms with Gasteiger partial charge in [-0.15, -0.1) is 0 Å². The van der Waals surface area contributed by atoms with Gasteiger partial charge in [-0.3, -0.25) is 4.90 Å². The molecule has 0 unspecified atom stereocenters. The van der Waals surface area contributed by atoms with Crippen LogP contribution in [0.4, 0.5) is 10.3 Å². The molecular weight excluding hydrogens is 303 g/mol. The molecular formula is C19H21FN4. The molecule has 1 aliphatic rings. The number of nitrogens with one attached hydrogen (secondary N) is 1. The van der Waals surface area contributed by atoms with E-state index >= 15 is 0 Å². The Labute approximate surface area is 140 Å². The lowest BCUT2D eigenvalue weighted by Gasteiger charge is -2.34. The van der Waals surface area contributed by atoms with E-state index in [9.17, 15) is 4.39 Å². The minimum absolute atomic E-state index is 0.168. The molecule has 2 aromatic carbocycles. The summed E-state index contributed by atoms with van der Waals surface area (Å²) in [7, 11) is 0. The third-order valence-corrected chi connectivity index (χ3v) is 4.68. The molecule has 1 fully saturated rings. The summed E-state index contributed by atoms with van der Waals surface area (Å²) in [5, 5.41) is 0. The molecule has 2 heterocycles. The maximum Gasteiger partial charge on any atom is 0.203 e. The van der Waals surface area contributed by atoms with Gasteiger partial charge in [-0.2, -0.15) is 0 Å². The molecule has 0 bridgehead atoms. The van der Waals surface area contributed by atoms with Gasteiger partial charge in [0.2, 0.25) is 5.95 Å². The molecule has 0 radical (unpaired) electrons. The largest absolute Gasteiger partial charge is 0.340 e. The Balaban J connectivity index is 1.32. The van der Waals surface area contributed by atoms with Gasteiger partial charge in [0.05, 0.1) is 11.0 Å². The highest BCUT2D eigenvalue weighted by molar-refractivity contribution is 5.77. The zero-order chi connectivity index (χ0) is 16.4. The van der Waals surface area contributed by atoms with Crippen molar-refractivity contribution in [3.05, 3.63) is 59.9 Å². The van der Waals surface area contributed by atoms with Crippen LogP contribution in [0, 0.1) is 5.82 Å². The van der Waals surface area contributed by atoms with Crippen LogP contribution in [-0.4, -0.2) is 47.6 Å². The van der Waals surface area contributed by atoms with Crippen LogP contribution in [0.15, 0.2) is 48.5 Å². The normalized spacial score (nSPS) is 16.0. The minimum atomic E-state index is -0.168. The number of para-hydroxylation sites is 2. The highest BCUT2D eigenvalue weighted by Crippen LogP contribution is 2.18. The van der Waals surface area contributed by atoms with Crippen LogP contribution in [0.2, 0.25) is 0 Å². The first kappa shape index (κ1) is 15.1. The second-order valence-corrected chi connectivity index (χ2v) is 6.28. The smallest absolute Gasteiger partial charge is 0.203 e. The number of imidazole rings is 1. The second kappa shape index (κ2) is 6.61. The van der Waals surface area contributed by atoms with E-state index in [2.05, 4.69) is 25.8 Å². The summed E-state index contributed by atoms with van der Waals surface area (Å²) in [5.74, 6) is 0.799. The highest BCUT2D eigenvalue weighted by Gasteiger charge is 2.19. The Morgan fingerprint density at radius 3 is 2.46 bits per heavy atom. The zero-order valence-electron chi connectivity index (χ0n) is 13.6. The van der Waals surface area contributed by atoms with E-state index in [1.54, 1.807) is 0 Å². The number of hydrogen-bond donors (Lipinski definition) is 1. The standard InChI is InChI=1S/C19H21FN4/c20-16-7-5-15(6-8-16)9-10-23-11-13-24(14-12-23)19-21-17-3-1-2-4-18(17)22-19/h1-8H,9-14H2,(H,21,22). The molecule has 4 rings (SSSR count). The Morgan fingerprint density at radius 1 is 0.958 bits per heavy atom. The molecule has 0 aliphatic carbocycles. The molecule has 124 valence electrons. The fraction of sp³-hybridized carbons (Fsp3) is 0.316. The van der Waals surface area contributed by atoms with Crippen molar-refractivity contribution in [2.24, 2.45) is 0 Å². The van der Waals surface area contributed by atoms with Crippen molar-refractivity contribution in [3.8, 4) is 0 Å². The summed E-state index contributed by atoms with van der Waals surface area (Å²) in [6, 6.07) is 15.0. The van der Waals surface area contributed by atoms with Crippen molar-refractivity contribution in [1.82, 2.24) is 14.9 Å². The van der Waals surface area contributed by atoms with Gasteiger partial charge in [-0.25, -0.2) is 9.37 Å². The first-order valence-electron chi connectivity index (χ1n) is 8.44. The number of aromatic nitrogens is 2. The number of nitrogens with zero attached hydrogens (tertiary/aromatic N) is 3. The fourth-order valence-corrected chi connectivity index (χ4v) is 3.21. The predicted molar refractivity (Wildman–Crippen MR) is 94.9 cm³/mol. The van der Waals surface area contributed by atoms with Gasteiger partial charge in [0.25, 0.3) is 0 Å². The van der Waals surface area contributed by atoms with Gasteiger partial charge >= 0.3 is 0 Å². The van der Waals surface area contributed by atoms with Crippen LogP contribution in [0.5, 0.6) is 0 Å². The topological polar surface area (TPSA) is 35.2 Å². The van der Waals surface area contributed by atoms with Crippen LogP contribution < -0.4 is 4.90 Å². The van der Waals surface area contributed by atoms with E-state index in [-0.39, 0.29) is 5.82 Å². The van der Waals surface area contributed by atoms with Crippen molar-refractivity contribution in [3.63, 3.8) is 0 Å². The fourth-order valence-electron chi connectivity index (χ4n) is 3.21. The summed E-state index contributed by atoms with van der Waals surface area (Å²) in [5.41, 5.74) is 3.30. The van der Waals surface area contributed by atoms with Crippen molar-refractivity contribution < 1.29 is 4.39 Å². The summed E-state index contributed by atoms with van der Waals surface area (Å²) in [4.78, 5) is 12.9. The molecule has 5 heteroatoms. The number of H-pyrrole nitrogens is 1. The monoisotopic (exact) mass is 324 g/mol. The summed E-state index contributed by atoms with van der Waals surface area (Å²) in [6.07, 6.45) is 0.963. The second-order valence-electron chi connectivity index (χ2n) is 6.28. The Morgan fingerprint density at radius 2 is 1.71 bits per heavy atom. The van der Waals surface area contributed by atoms with E-state index in [1.165, 1.54) is 17.7 Å². The number of rotatable bonds is 4. The van der Waals surface area contributed by atoms with Crippen LogP contribution in [0.25, 0.3) is 11.0 Å². The van der Waals surface area contributed by atoms with Gasteiger partial charge in [0, 0.05) is 32.7 Å². The van der Waals surface area contributed by atoms with Crippen molar-refractivity contribution >= 4 is 17.0 Å². The molecule has 1 aromatic heterocycles. The first-order chi connectivity index (χ1) is 11.8. The van der Waals surface area contributed by atoms with E-state index in [4.69, 9.17) is 0 Å². The number of fused-ring (bicyclic) bond motifs is 1. The van der Waals surface area contributed by atoms with Crippen LogP contribution in [0.3, 0.4) is 0 Å². The maximum absolute atomic E-state index is 12.9. The van der Waals surface area contributed by atoms with Gasteiger partial charge in [0.1, 0.15) is 5.82 Å². The summed E-state index contributed by atoms with van der Waals surface area (Å²) in [6.45, 7) is 5.02. The van der Waals surface area contributed by atoms with Crippen LogP contribution in [-0.2, 0) is 6.42 Å². The number of hydrogen-bond acceptors (Lipinski definition) is 3. The SMILES string of the molecule is Fc1ccc(CCN2CCN(c3nc4ccccc4[nH]3)CC2)cc1. The lowest BCUT2D eigenvalue weighted by Crippen LogP contribution is -2.47. The summed E-state index contributed by atoms with van der Waals surface area (Å²) < 4.78 is 12.9. The van der Waals surface area contributed by atoms with Gasteiger partial charge in [-0.1, -0.05) is 24.3 Å². The Hall–Kier alpha value is -2.40. The molecule has 0 amide bonds. The van der Waals surface area contributed by atoms with Crippen molar-refractivity contribution in [1.29, 1.82) is 0 Å². The van der Waals surface area contributed by atoms with E-state index in [1.807, 2.05) is 30.3 Å². The number of anilines is 1. The average Bonchev–Trinajstić information content (AvgIpc) is 3.06. The molecule has 0 saturated carbocycles. The molecule has 1 N–H and O–H groups in total. The first-order valence-corrected chi connectivity index (χ1v) is 8.44. The number of piperazine rings is 1.